The molecule has 0 saturated carbocycles. The Kier molecular flexibility index (Phi) is 7.36. The van der Waals surface area contributed by atoms with Crippen LogP contribution in [0.1, 0.15) is 46.5 Å². The molecular formula is C11H20O2. The smallest absolute Gasteiger partial charge is 0.330 e. The average molecular weight is 184 g/mol. The van der Waals surface area contributed by atoms with Crippen LogP contribution in [0.3, 0.4) is 0 Å². The first kappa shape index (κ1) is 12.2. The summed E-state index contributed by atoms with van der Waals surface area (Å²) < 4.78 is 4.98. The second-order valence-corrected chi connectivity index (χ2v) is 3.45. The van der Waals surface area contributed by atoms with Gasteiger partial charge in [-0.25, -0.2) is 4.79 Å². The molecule has 0 atom stereocenters. The maximum Gasteiger partial charge on any atom is 0.330 e. The minimum absolute atomic E-state index is 0.212. The standard InChI is InChI=1S/C11H20O2/c1-4-5-6-7-8-13-11(12)9-10(2)3/h9H,4-8H2,1-3H3. The van der Waals surface area contributed by atoms with E-state index in [4.69, 9.17) is 4.74 Å². The lowest BCUT2D eigenvalue weighted by Crippen LogP contribution is -2.02. The van der Waals surface area contributed by atoms with Crippen molar-refractivity contribution in [2.24, 2.45) is 0 Å². The first-order valence-electron chi connectivity index (χ1n) is 4.98. The molecule has 0 aromatic carbocycles. The number of carbonyl (C=O) groups excluding carboxylic acids is 1. The van der Waals surface area contributed by atoms with Crippen LogP contribution in [-0.2, 0) is 9.53 Å². The summed E-state index contributed by atoms with van der Waals surface area (Å²) in [6.45, 7) is 6.49. The monoisotopic (exact) mass is 184 g/mol. The zero-order valence-electron chi connectivity index (χ0n) is 8.93. The van der Waals surface area contributed by atoms with E-state index >= 15 is 0 Å². The van der Waals surface area contributed by atoms with Gasteiger partial charge >= 0.3 is 5.97 Å². The first-order valence-corrected chi connectivity index (χ1v) is 4.98. The summed E-state index contributed by atoms with van der Waals surface area (Å²) in [5.74, 6) is -0.212. The van der Waals surface area contributed by atoms with Gasteiger partial charge in [-0.3, -0.25) is 0 Å². The summed E-state index contributed by atoms with van der Waals surface area (Å²) in [5, 5.41) is 0. The molecule has 0 spiro atoms. The minimum Gasteiger partial charge on any atom is -0.463 e. The van der Waals surface area contributed by atoms with Crippen molar-refractivity contribution in [2.45, 2.75) is 46.5 Å². The van der Waals surface area contributed by atoms with Gasteiger partial charge in [-0.05, 0) is 20.3 Å². The van der Waals surface area contributed by atoms with Crippen LogP contribution in [0.2, 0.25) is 0 Å². The largest absolute Gasteiger partial charge is 0.463 e. The summed E-state index contributed by atoms with van der Waals surface area (Å²) in [5.41, 5.74) is 0.985. The quantitative estimate of drug-likeness (QED) is 0.360. The predicted molar refractivity (Wildman–Crippen MR) is 54.5 cm³/mol. The van der Waals surface area contributed by atoms with Crippen LogP contribution >= 0.6 is 0 Å². The molecule has 0 aromatic rings. The molecule has 0 aliphatic carbocycles. The number of hydrogen-bond donors (Lipinski definition) is 0. The lowest BCUT2D eigenvalue weighted by atomic mass is 10.2. The summed E-state index contributed by atoms with van der Waals surface area (Å²) >= 11 is 0. The fourth-order valence-electron chi connectivity index (χ4n) is 0.979. The van der Waals surface area contributed by atoms with Crippen molar-refractivity contribution in [1.82, 2.24) is 0 Å². The van der Waals surface area contributed by atoms with Crippen LogP contribution in [0.4, 0.5) is 0 Å². The van der Waals surface area contributed by atoms with Crippen molar-refractivity contribution >= 4 is 5.97 Å². The van der Waals surface area contributed by atoms with E-state index in [1.165, 1.54) is 18.9 Å². The van der Waals surface area contributed by atoms with Gasteiger partial charge in [0.1, 0.15) is 0 Å². The Morgan fingerprint density at radius 1 is 1.23 bits per heavy atom. The number of hydrogen-bond acceptors (Lipinski definition) is 2. The van der Waals surface area contributed by atoms with Gasteiger partial charge in [-0.2, -0.15) is 0 Å². The van der Waals surface area contributed by atoms with Gasteiger partial charge in [0.05, 0.1) is 6.61 Å². The molecule has 2 heteroatoms. The molecule has 2 nitrogen and oxygen atoms in total. The molecule has 76 valence electrons. The van der Waals surface area contributed by atoms with Gasteiger partial charge in [0, 0.05) is 6.08 Å². The maximum atomic E-state index is 11.0. The van der Waals surface area contributed by atoms with E-state index in [-0.39, 0.29) is 5.97 Å². The number of carbonyl (C=O) groups is 1. The van der Waals surface area contributed by atoms with Crippen molar-refractivity contribution < 1.29 is 9.53 Å². The van der Waals surface area contributed by atoms with Crippen molar-refractivity contribution in [1.29, 1.82) is 0 Å². The molecule has 0 heterocycles. The van der Waals surface area contributed by atoms with E-state index in [1.807, 2.05) is 13.8 Å². The Hall–Kier alpha value is -0.790. The van der Waals surface area contributed by atoms with E-state index in [0.29, 0.717) is 6.61 Å². The molecule has 0 rings (SSSR count). The summed E-state index contributed by atoms with van der Waals surface area (Å²) in [4.78, 5) is 11.0. The molecule has 0 aromatic heterocycles. The number of esters is 1. The van der Waals surface area contributed by atoms with E-state index in [2.05, 4.69) is 6.92 Å². The molecule has 0 N–H and O–H groups in total. The summed E-state index contributed by atoms with van der Waals surface area (Å²) in [6, 6.07) is 0. The Labute approximate surface area is 81.0 Å². The molecule has 0 amide bonds. The lowest BCUT2D eigenvalue weighted by Gasteiger charge is -2.01. The molecule has 0 saturated heterocycles. The van der Waals surface area contributed by atoms with Gasteiger partial charge in [0.2, 0.25) is 0 Å². The molecule has 0 radical (unpaired) electrons. The molecule has 0 aliphatic rings. The molecule has 0 fully saturated rings. The highest BCUT2D eigenvalue weighted by Gasteiger charge is 1.96. The molecule has 13 heavy (non-hydrogen) atoms. The van der Waals surface area contributed by atoms with Crippen LogP contribution in [0, 0.1) is 0 Å². The maximum absolute atomic E-state index is 11.0. The summed E-state index contributed by atoms with van der Waals surface area (Å²) in [6.07, 6.45) is 6.09. The Morgan fingerprint density at radius 3 is 2.46 bits per heavy atom. The minimum atomic E-state index is -0.212. The van der Waals surface area contributed by atoms with Gasteiger partial charge in [0.25, 0.3) is 0 Å². The van der Waals surface area contributed by atoms with Crippen LogP contribution in [0.15, 0.2) is 11.6 Å². The van der Waals surface area contributed by atoms with Crippen LogP contribution in [-0.4, -0.2) is 12.6 Å². The van der Waals surface area contributed by atoms with Crippen LogP contribution in [0.25, 0.3) is 0 Å². The number of allylic oxidation sites excluding steroid dienone is 1. The van der Waals surface area contributed by atoms with Crippen LogP contribution in [0.5, 0.6) is 0 Å². The van der Waals surface area contributed by atoms with E-state index in [1.54, 1.807) is 0 Å². The van der Waals surface area contributed by atoms with E-state index in [0.717, 1.165) is 18.4 Å². The number of ether oxygens (including phenoxy) is 1. The van der Waals surface area contributed by atoms with E-state index < -0.39 is 0 Å². The topological polar surface area (TPSA) is 26.3 Å². The normalized spacial score (nSPS) is 9.46. The van der Waals surface area contributed by atoms with Gasteiger partial charge in [-0.1, -0.05) is 31.8 Å². The average Bonchev–Trinajstić information content (AvgIpc) is 2.02. The first-order chi connectivity index (χ1) is 6.16. The highest BCUT2D eigenvalue weighted by atomic mass is 16.5. The third-order valence-corrected chi connectivity index (χ3v) is 1.65. The van der Waals surface area contributed by atoms with Crippen molar-refractivity contribution in [2.75, 3.05) is 6.61 Å². The molecule has 0 unspecified atom stereocenters. The van der Waals surface area contributed by atoms with Gasteiger partial charge in [-0.15, -0.1) is 0 Å². The van der Waals surface area contributed by atoms with Gasteiger partial charge < -0.3 is 4.74 Å². The Bertz CT molecular complexity index is 167. The molecular weight excluding hydrogens is 164 g/mol. The fourth-order valence-corrected chi connectivity index (χ4v) is 0.979. The summed E-state index contributed by atoms with van der Waals surface area (Å²) in [7, 11) is 0. The predicted octanol–water partition coefficient (Wildman–Crippen LogP) is 3.08. The zero-order valence-corrected chi connectivity index (χ0v) is 8.93. The zero-order chi connectivity index (χ0) is 10.1. The Balaban J connectivity index is 3.33. The highest BCUT2D eigenvalue weighted by Crippen LogP contribution is 1.99. The van der Waals surface area contributed by atoms with Crippen molar-refractivity contribution in [3.05, 3.63) is 11.6 Å². The second-order valence-electron chi connectivity index (χ2n) is 3.45. The van der Waals surface area contributed by atoms with Gasteiger partial charge in [0.15, 0.2) is 0 Å². The number of rotatable bonds is 6. The fraction of sp³-hybridized carbons (Fsp3) is 0.727. The second kappa shape index (κ2) is 7.84. The molecule has 0 bridgehead atoms. The Morgan fingerprint density at radius 2 is 1.92 bits per heavy atom. The van der Waals surface area contributed by atoms with Crippen molar-refractivity contribution in [3.63, 3.8) is 0 Å². The van der Waals surface area contributed by atoms with Crippen molar-refractivity contribution in [3.8, 4) is 0 Å². The molecule has 0 aliphatic heterocycles. The SMILES string of the molecule is CCCCCCOC(=O)C=C(C)C. The third kappa shape index (κ3) is 9.12. The third-order valence-electron chi connectivity index (χ3n) is 1.65. The van der Waals surface area contributed by atoms with E-state index in [9.17, 15) is 4.79 Å². The highest BCUT2D eigenvalue weighted by molar-refractivity contribution is 5.82. The van der Waals surface area contributed by atoms with Crippen LogP contribution < -0.4 is 0 Å². The lowest BCUT2D eigenvalue weighted by molar-refractivity contribution is -0.137. The number of unbranched alkanes of at least 4 members (excludes halogenated alkanes) is 3.